The van der Waals surface area contributed by atoms with Gasteiger partial charge < -0.3 is 14.6 Å². The molecule has 0 aromatic rings. The molecule has 3 nitrogen and oxygen atoms in total. The molecule has 1 aliphatic heterocycles. The first-order valence-electron chi connectivity index (χ1n) is 5.52. The average Bonchev–Trinajstić information content (AvgIpc) is 2.53. The number of aliphatic hydroxyl groups is 1. The number of hydrogen-bond acceptors (Lipinski definition) is 3. The number of hydrogen-bond donors (Lipinski definition) is 1. The van der Waals surface area contributed by atoms with Crippen LogP contribution >= 0.6 is 0 Å². The molecule has 0 bridgehead atoms. The molecule has 2 aliphatic carbocycles. The van der Waals surface area contributed by atoms with Crippen LogP contribution < -0.4 is 0 Å². The van der Waals surface area contributed by atoms with Gasteiger partial charge >= 0.3 is 0 Å². The maximum Gasteiger partial charge on any atom is 0.194 e. The molecule has 80 valence electrons. The predicted molar refractivity (Wildman–Crippen MR) is 50.6 cm³/mol. The third-order valence-electron chi connectivity index (χ3n) is 4.55. The highest BCUT2D eigenvalue weighted by atomic mass is 16.7. The first-order valence-corrected chi connectivity index (χ1v) is 5.52. The Morgan fingerprint density at radius 1 is 1.14 bits per heavy atom. The molecule has 0 amide bonds. The van der Waals surface area contributed by atoms with Gasteiger partial charge in [0, 0.05) is 6.42 Å². The first kappa shape index (κ1) is 9.13. The van der Waals surface area contributed by atoms with E-state index < -0.39 is 11.9 Å². The van der Waals surface area contributed by atoms with Gasteiger partial charge in [0.1, 0.15) is 6.10 Å². The molecule has 3 rings (SSSR count). The quantitative estimate of drug-likeness (QED) is 0.634. The van der Waals surface area contributed by atoms with Crippen molar-refractivity contribution >= 4 is 0 Å². The van der Waals surface area contributed by atoms with Gasteiger partial charge in [-0.05, 0) is 23.7 Å². The molecule has 14 heavy (non-hydrogen) atoms. The van der Waals surface area contributed by atoms with Crippen molar-refractivity contribution in [1.82, 2.24) is 0 Å². The molecule has 3 atom stereocenters. The van der Waals surface area contributed by atoms with Crippen molar-refractivity contribution in [2.24, 2.45) is 17.3 Å². The Morgan fingerprint density at radius 3 is 2.43 bits per heavy atom. The molecular formula is C11H18O3. The lowest BCUT2D eigenvalue weighted by Crippen LogP contribution is -2.46. The molecular weight excluding hydrogens is 180 g/mol. The first-order chi connectivity index (χ1) is 6.56. The second-order valence-corrected chi connectivity index (χ2v) is 5.50. The molecule has 3 fully saturated rings. The predicted octanol–water partition coefficient (Wildman–Crippen LogP) is 1.16. The van der Waals surface area contributed by atoms with Crippen LogP contribution in [0.15, 0.2) is 0 Å². The second kappa shape index (κ2) is 2.52. The summed E-state index contributed by atoms with van der Waals surface area (Å²) in [5.74, 6) is 0.717. The molecule has 1 spiro atoms. The van der Waals surface area contributed by atoms with Crippen molar-refractivity contribution in [2.75, 3.05) is 13.2 Å². The molecule has 2 saturated carbocycles. The maximum absolute atomic E-state index is 10.0. The van der Waals surface area contributed by atoms with Crippen molar-refractivity contribution in [3.8, 4) is 0 Å². The number of aliphatic hydroxyl groups excluding tert-OH is 1. The molecule has 1 saturated heterocycles. The van der Waals surface area contributed by atoms with Crippen molar-refractivity contribution in [3.63, 3.8) is 0 Å². The zero-order chi connectivity index (χ0) is 9.97. The van der Waals surface area contributed by atoms with E-state index in [4.69, 9.17) is 9.47 Å². The largest absolute Gasteiger partial charge is 0.387 e. The maximum atomic E-state index is 10.0. The minimum absolute atomic E-state index is 0.389. The topological polar surface area (TPSA) is 38.7 Å². The van der Waals surface area contributed by atoms with Gasteiger partial charge in [-0.2, -0.15) is 0 Å². The normalized spacial score (nSPS) is 47.8. The molecule has 3 aliphatic rings. The van der Waals surface area contributed by atoms with Gasteiger partial charge in [0.15, 0.2) is 5.79 Å². The second-order valence-electron chi connectivity index (χ2n) is 5.50. The van der Waals surface area contributed by atoms with E-state index in [-0.39, 0.29) is 0 Å². The minimum atomic E-state index is -0.644. The summed E-state index contributed by atoms with van der Waals surface area (Å²) in [5.41, 5.74) is 0.389. The Bertz CT molecular complexity index is 255. The van der Waals surface area contributed by atoms with Crippen molar-refractivity contribution in [2.45, 2.75) is 38.6 Å². The van der Waals surface area contributed by atoms with Crippen molar-refractivity contribution in [3.05, 3.63) is 0 Å². The standard InChI is InChI=1S/C11H18O3/c1-10(2)7-5-9(12)11(6-8(7)10)13-3-4-14-11/h7-9,12H,3-6H2,1-2H3. The summed E-state index contributed by atoms with van der Waals surface area (Å²) >= 11 is 0. The molecule has 0 aromatic heterocycles. The summed E-state index contributed by atoms with van der Waals surface area (Å²) in [7, 11) is 0. The minimum Gasteiger partial charge on any atom is -0.387 e. The summed E-state index contributed by atoms with van der Waals surface area (Å²) in [6.07, 6.45) is 1.30. The van der Waals surface area contributed by atoms with Crippen molar-refractivity contribution < 1.29 is 14.6 Å². The fourth-order valence-corrected chi connectivity index (χ4v) is 3.37. The van der Waals surface area contributed by atoms with E-state index in [0.717, 1.165) is 12.8 Å². The van der Waals surface area contributed by atoms with E-state index >= 15 is 0 Å². The van der Waals surface area contributed by atoms with Crippen LogP contribution in [0.4, 0.5) is 0 Å². The fraction of sp³-hybridized carbons (Fsp3) is 1.00. The Balaban J connectivity index is 1.83. The SMILES string of the molecule is CC1(C)C2CC(O)C3(CC21)OCCO3. The van der Waals surface area contributed by atoms with Crippen LogP contribution in [0, 0.1) is 17.3 Å². The van der Waals surface area contributed by atoms with Crippen LogP contribution in [0.3, 0.4) is 0 Å². The van der Waals surface area contributed by atoms with E-state index in [1.807, 2.05) is 0 Å². The molecule has 0 aromatic carbocycles. The summed E-state index contributed by atoms with van der Waals surface area (Å²) in [5, 5.41) is 10.0. The summed E-state index contributed by atoms with van der Waals surface area (Å²) in [4.78, 5) is 0. The molecule has 3 heteroatoms. The van der Waals surface area contributed by atoms with Crippen LogP contribution in [0.25, 0.3) is 0 Å². The van der Waals surface area contributed by atoms with E-state index in [1.54, 1.807) is 0 Å². The summed E-state index contributed by atoms with van der Waals surface area (Å²) in [6, 6.07) is 0. The van der Waals surface area contributed by atoms with Crippen LogP contribution in [0.1, 0.15) is 26.7 Å². The van der Waals surface area contributed by atoms with Crippen molar-refractivity contribution in [1.29, 1.82) is 0 Å². The van der Waals surface area contributed by atoms with Crippen LogP contribution in [0.5, 0.6) is 0 Å². The monoisotopic (exact) mass is 198 g/mol. The lowest BCUT2D eigenvalue weighted by Gasteiger charge is -2.35. The zero-order valence-electron chi connectivity index (χ0n) is 8.82. The van der Waals surface area contributed by atoms with E-state index in [1.165, 1.54) is 0 Å². The Hall–Kier alpha value is -0.120. The molecule has 0 radical (unpaired) electrons. The number of fused-ring (bicyclic) bond motifs is 1. The van der Waals surface area contributed by atoms with Crippen LogP contribution in [-0.4, -0.2) is 30.2 Å². The Morgan fingerprint density at radius 2 is 1.79 bits per heavy atom. The third kappa shape index (κ3) is 0.980. The molecule has 1 N–H and O–H groups in total. The Labute approximate surface area is 84.4 Å². The zero-order valence-corrected chi connectivity index (χ0v) is 8.82. The lowest BCUT2D eigenvalue weighted by atomic mass is 9.91. The lowest BCUT2D eigenvalue weighted by molar-refractivity contribution is -0.237. The van der Waals surface area contributed by atoms with Gasteiger partial charge in [-0.15, -0.1) is 0 Å². The van der Waals surface area contributed by atoms with E-state index in [2.05, 4.69) is 13.8 Å². The number of ether oxygens (including phenoxy) is 2. The van der Waals surface area contributed by atoms with Gasteiger partial charge in [-0.25, -0.2) is 0 Å². The third-order valence-corrected chi connectivity index (χ3v) is 4.55. The van der Waals surface area contributed by atoms with Gasteiger partial charge in [-0.1, -0.05) is 13.8 Å². The molecule has 3 unspecified atom stereocenters. The van der Waals surface area contributed by atoms with Gasteiger partial charge in [0.05, 0.1) is 13.2 Å². The van der Waals surface area contributed by atoms with Crippen LogP contribution in [0.2, 0.25) is 0 Å². The molecule has 1 heterocycles. The highest BCUT2D eigenvalue weighted by Crippen LogP contribution is 2.67. The number of rotatable bonds is 0. The highest BCUT2D eigenvalue weighted by Gasteiger charge is 2.66. The van der Waals surface area contributed by atoms with Gasteiger partial charge in [-0.3, -0.25) is 0 Å². The van der Waals surface area contributed by atoms with Crippen LogP contribution in [-0.2, 0) is 9.47 Å². The fourth-order valence-electron chi connectivity index (χ4n) is 3.37. The van der Waals surface area contributed by atoms with E-state index in [9.17, 15) is 5.11 Å². The summed E-state index contributed by atoms with van der Waals surface area (Å²) in [6.45, 7) is 5.83. The van der Waals surface area contributed by atoms with E-state index in [0.29, 0.717) is 30.5 Å². The summed E-state index contributed by atoms with van der Waals surface area (Å²) < 4.78 is 11.2. The van der Waals surface area contributed by atoms with Gasteiger partial charge in [0.2, 0.25) is 0 Å². The Kier molecular flexibility index (Phi) is 1.64. The highest BCUT2D eigenvalue weighted by molar-refractivity contribution is 5.12. The smallest absolute Gasteiger partial charge is 0.194 e. The average molecular weight is 198 g/mol. The van der Waals surface area contributed by atoms with Gasteiger partial charge in [0.25, 0.3) is 0 Å².